The summed E-state index contributed by atoms with van der Waals surface area (Å²) in [7, 11) is 0. The number of ether oxygens (including phenoxy) is 2. The van der Waals surface area contributed by atoms with Crippen LogP contribution in [0.2, 0.25) is 0 Å². The lowest BCUT2D eigenvalue weighted by Gasteiger charge is -2.41. The summed E-state index contributed by atoms with van der Waals surface area (Å²) in [6.07, 6.45) is 3.51. The molecule has 10 atom stereocenters. The van der Waals surface area contributed by atoms with Crippen molar-refractivity contribution in [3.05, 3.63) is 61.2 Å². The minimum atomic E-state index is -1.31. The number of nitrogens with one attached hydrogen (secondary N) is 1. The Hall–Kier alpha value is -3.02. The fraction of sp³-hybridized carbons (Fsp3) is 0.611. The van der Waals surface area contributed by atoms with Gasteiger partial charge in [0.25, 0.3) is 0 Å². The van der Waals surface area contributed by atoms with Crippen LogP contribution in [0.1, 0.15) is 72.0 Å². The highest BCUT2D eigenvalue weighted by molar-refractivity contribution is 9.09. The molecule has 2 N–H and O–H groups in total. The molecule has 0 radical (unpaired) electrons. The smallest absolute Gasteiger partial charge is 0.313 e. The van der Waals surface area contributed by atoms with E-state index in [1.54, 1.807) is 24.0 Å². The van der Waals surface area contributed by atoms with Crippen molar-refractivity contribution in [3.8, 4) is 0 Å². The van der Waals surface area contributed by atoms with Gasteiger partial charge in [-0.25, -0.2) is 0 Å². The first-order valence-corrected chi connectivity index (χ1v) is 17.6. The van der Waals surface area contributed by atoms with Crippen molar-refractivity contribution >= 4 is 39.6 Å². The third kappa shape index (κ3) is 6.94. The van der Waals surface area contributed by atoms with Crippen LogP contribution in [-0.2, 0) is 28.7 Å². The van der Waals surface area contributed by atoms with E-state index in [1.165, 1.54) is 4.90 Å². The lowest BCUT2D eigenvalue weighted by molar-refractivity contribution is -0.163. The normalized spacial score (nSPS) is 28.7. The number of hydrogen-bond acceptors (Lipinski definition) is 7. The number of likely N-dealkylation sites (tertiary alicyclic amines) is 1. The van der Waals surface area contributed by atoms with Crippen LogP contribution in [0.25, 0.3) is 0 Å². The first-order chi connectivity index (χ1) is 22.4. The molecule has 1 spiro atoms. The van der Waals surface area contributed by atoms with Gasteiger partial charge in [0.15, 0.2) is 0 Å². The second-order valence-corrected chi connectivity index (χ2v) is 14.5. The number of fused-ring (bicyclic) bond motifs is 1. The quantitative estimate of drug-likeness (QED) is 0.148. The maximum absolute atomic E-state index is 14.7. The number of halogens is 1. The van der Waals surface area contributed by atoms with Crippen molar-refractivity contribution in [3.63, 3.8) is 0 Å². The molecular weight excluding hydrogens is 666 g/mol. The molecule has 3 amide bonds. The summed E-state index contributed by atoms with van der Waals surface area (Å²) in [4.78, 5) is 59.1. The lowest BCUT2D eigenvalue weighted by atomic mass is 9.70. The number of nitrogens with zero attached hydrogens (tertiary/aromatic N) is 2. The van der Waals surface area contributed by atoms with Crippen LogP contribution in [0.5, 0.6) is 0 Å². The minimum Gasteiger partial charge on any atom is -0.455 e. The van der Waals surface area contributed by atoms with Crippen molar-refractivity contribution in [2.45, 2.75) is 107 Å². The Balaban J connectivity index is 1.75. The Morgan fingerprint density at radius 3 is 2.45 bits per heavy atom. The third-order valence-electron chi connectivity index (χ3n) is 10.1. The van der Waals surface area contributed by atoms with Crippen LogP contribution >= 0.6 is 15.9 Å². The van der Waals surface area contributed by atoms with E-state index in [0.717, 1.165) is 0 Å². The lowest BCUT2D eigenvalue weighted by Crippen LogP contribution is -2.60. The number of aliphatic hydroxyl groups is 1. The molecule has 2 bridgehead atoms. The molecule has 4 rings (SSSR count). The molecular formula is C36H50BrN3O7. The zero-order chi connectivity index (χ0) is 34.6. The number of aliphatic hydroxyl groups excluding tert-OH is 1. The summed E-state index contributed by atoms with van der Waals surface area (Å²) in [5.74, 6) is -3.66. The molecule has 11 heteroatoms. The van der Waals surface area contributed by atoms with Gasteiger partial charge in [-0.15, -0.1) is 13.2 Å². The highest BCUT2D eigenvalue weighted by atomic mass is 79.9. The molecule has 10 nitrogen and oxygen atoms in total. The molecule has 0 aromatic heterocycles. The number of carbonyl (C=O) groups is 4. The topological polar surface area (TPSA) is 125 Å². The number of benzene rings is 1. The van der Waals surface area contributed by atoms with Crippen LogP contribution in [-0.4, -0.2) is 92.4 Å². The van der Waals surface area contributed by atoms with Crippen LogP contribution in [0.15, 0.2) is 55.6 Å². The Morgan fingerprint density at radius 2 is 1.87 bits per heavy atom. The van der Waals surface area contributed by atoms with E-state index in [4.69, 9.17) is 9.47 Å². The molecule has 1 aromatic rings. The number of hydrogen-bond donors (Lipinski definition) is 2. The van der Waals surface area contributed by atoms with E-state index < -0.39 is 59.6 Å². The maximum Gasteiger partial charge on any atom is 0.313 e. The SMILES string of the molecule is C=CCCC(=O)N[C@H](C)[C@@H](OC(=O)[C@@H]1[C@H]2O[C@@]3(CC2Br)[C@H](C(=O)N(CC=C)C(C)C)N([C@@H](CO)[C@@H](C)CC)C(=O)[C@@H]13)c1ccccc1. The number of rotatable bonds is 16. The van der Waals surface area contributed by atoms with Gasteiger partial charge >= 0.3 is 5.97 Å². The summed E-state index contributed by atoms with van der Waals surface area (Å²) in [6, 6.07) is 6.67. The Labute approximate surface area is 287 Å². The summed E-state index contributed by atoms with van der Waals surface area (Å²) in [5, 5.41) is 13.6. The molecule has 3 heterocycles. The molecule has 3 aliphatic heterocycles. The molecule has 47 heavy (non-hydrogen) atoms. The van der Waals surface area contributed by atoms with Gasteiger partial charge in [-0.1, -0.05) is 78.7 Å². The first kappa shape index (κ1) is 36.8. The van der Waals surface area contributed by atoms with Gasteiger partial charge in [0.2, 0.25) is 17.7 Å². The number of amides is 3. The van der Waals surface area contributed by atoms with E-state index in [2.05, 4.69) is 34.4 Å². The van der Waals surface area contributed by atoms with Gasteiger partial charge in [0.05, 0.1) is 36.6 Å². The second kappa shape index (κ2) is 15.5. The average Bonchev–Trinajstić information content (AvgIpc) is 3.64. The molecule has 1 unspecified atom stereocenters. The van der Waals surface area contributed by atoms with Crippen molar-refractivity contribution in [1.82, 2.24) is 15.1 Å². The number of alkyl halides is 1. The van der Waals surface area contributed by atoms with Gasteiger partial charge in [0.1, 0.15) is 17.7 Å². The Kier molecular flexibility index (Phi) is 12.1. The zero-order valence-corrected chi connectivity index (χ0v) is 29.7. The molecule has 258 valence electrons. The average molecular weight is 717 g/mol. The Bertz CT molecular complexity index is 1320. The number of esters is 1. The van der Waals surface area contributed by atoms with Crippen LogP contribution in [0.4, 0.5) is 0 Å². The molecule has 0 aliphatic carbocycles. The van der Waals surface area contributed by atoms with Crippen molar-refractivity contribution < 1.29 is 33.8 Å². The minimum absolute atomic E-state index is 0.128. The van der Waals surface area contributed by atoms with Gasteiger partial charge < -0.3 is 29.7 Å². The molecule has 1 aromatic carbocycles. The van der Waals surface area contributed by atoms with Crippen molar-refractivity contribution in [1.29, 1.82) is 0 Å². The fourth-order valence-corrected chi connectivity index (χ4v) is 8.52. The molecule has 3 aliphatic rings. The molecule has 3 saturated heterocycles. The van der Waals surface area contributed by atoms with E-state index in [9.17, 15) is 24.3 Å². The zero-order valence-electron chi connectivity index (χ0n) is 28.1. The van der Waals surface area contributed by atoms with Crippen LogP contribution in [0.3, 0.4) is 0 Å². The van der Waals surface area contributed by atoms with E-state index >= 15 is 0 Å². The van der Waals surface area contributed by atoms with E-state index in [0.29, 0.717) is 24.8 Å². The summed E-state index contributed by atoms with van der Waals surface area (Å²) >= 11 is 3.72. The summed E-state index contributed by atoms with van der Waals surface area (Å²) in [6.45, 7) is 16.9. The summed E-state index contributed by atoms with van der Waals surface area (Å²) in [5.41, 5.74) is -0.619. The monoisotopic (exact) mass is 715 g/mol. The fourth-order valence-electron chi connectivity index (χ4n) is 7.58. The standard InChI is InChI=1S/C36H50BrN3O7/c1-8-11-17-27(42)38-23(7)30(24-15-13-12-14-16-24)46-35(45)28-29-33(43)40(26(20-41)22(6)10-3)32(34(44)39(18-9-2)21(4)5)36(29)19-25(37)31(28)47-36/h8-9,12-16,21-23,25-26,28-32,41H,1-2,10-11,17-20H2,3-7H3,(H,38,42)/t22-,23+,25?,26-,28-,29+,30+,31-,32-,36+/m0/s1. The van der Waals surface area contributed by atoms with Gasteiger partial charge in [0, 0.05) is 23.8 Å². The highest BCUT2D eigenvalue weighted by Crippen LogP contribution is 2.61. The predicted octanol–water partition coefficient (Wildman–Crippen LogP) is 4.32. The second-order valence-electron chi connectivity index (χ2n) is 13.4. The largest absolute Gasteiger partial charge is 0.455 e. The third-order valence-corrected chi connectivity index (χ3v) is 10.9. The predicted molar refractivity (Wildman–Crippen MR) is 182 cm³/mol. The Morgan fingerprint density at radius 1 is 1.19 bits per heavy atom. The van der Waals surface area contributed by atoms with E-state index in [-0.39, 0.29) is 48.2 Å². The van der Waals surface area contributed by atoms with Gasteiger partial charge in [-0.3, -0.25) is 19.2 Å². The molecule has 3 fully saturated rings. The van der Waals surface area contributed by atoms with Gasteiger partial charge in [-0.2, -0.15) is 0 Å². The first-order valence-electron chi connectivity index (χ1n) is 16.7. The van der Waals surface area contributed by atoms with E-state index in [1.807, 2.05) is 58.0 Å². The summed E-state index contributed by atoms with van der Waals surface area (Å²) < 4.78 is 12.9. The maximum atomic E-state index is 14.7. The number of carbonyl (C=O) groups excluding carboxylic acids is 4. The van der Waals surface area contributed by atoms with Gasteiger partial charge in [-0.05, 0) is 45.1 Å². The van der Waals surface area contributed by atoms with Crippen molar-refractivity contribution in [2.75, 3.05) is 13.2 Å². The van der Waals surface area contributed by atoms with Crippen LogP contribution < -0.4 is 5.32 Å². The van der Waals surface area contributed by atoms with Crippen molar-refractivity contribution in [2.24, 2.45) is 17.8 Å². The highest BCUT2D eigenvalue weighted by Gasteiger charge is 2.77. The van der Waals surface area contributed by atoms with Crippen LogP contribution in [0, 0.1) is 17.8 Å². The molecule has 0 saturated carbocycles. The number of allylic oxidation sites excluding steroid dienone is 1.